The molecule has 3 aromatic rings. The molecular weight excluding hydrogens is 346 g/mol. The molecular formula is C25H25NO2. The Morgan fingerprint density at radius 3 is 1.64 bits per heavy atom. The molecule has 0 aliphatic rings. The highest BCUT2D eigenvalue weighted by Gasteiger charge is 2.12. The molecule has 0 heterocycles. The van der Waals surface area contributed by atoms with Gasteiger partial charge in [-0.25, -0.2) is 4.79 Å². The summed E-state index contributed by atoms with van der Waals surface area (Å²) in [7, 11) is 0. The summed E-state index contributed by atoms with van der Waals surface area (Å²) in [5.41, 5.74) is 6.67. The van der Waals surface area contributed by atoms with Gasteiger partial charge in [-0.15, -0.1) is 0 Å². The number of rotatable bonds is 6. The van der Waals surface area contributed by atoms with E-state index in [2.05, 4.69) is 79.4 Å². The van der Waals surface area contributed by atoms with Crippen LogP contribution in [0.5, 0.6) is 0 Å². The van der Waals surface area contributed by atoms with Gasteiger partial charge in [0.1, 0.15) is 0 Å². The molecule has 3 rings (SSSR count). The van der Waals surface area contributed by atoms with Gasteiger partial charge in [0.05, 0.1) is 6.61 Å². The Hall–Kier alpha value is -3.33. The van der Waals surface area contributed by atoms with Crippen LogP contribution in [0.15, 0.2) is 78.9 Å². The first-order valence-electron chi connectivity index (χ1n) is 9.45. The SMILES string of the molecule is CCOC(=O)/C=C/c1ccc(N(c2ccc(C)cc2)c2ccc(C)cc2)cc1. The average molecular weight is 371 g/mol. The summed E-state index contributed by atoms with van der Waals surface area (Å²) in [6, 6.07) is 25.1. The maximum absolute atomic E-state index is 11.5. The van der Waals surface area contributed by atoms with Gasteiger partial charge in [-0.1, -0.05) is 47.5 Å². The van der Waals surface area contributed by atoms with Crippen molar-refractivity contribution in [1.82, 2.24) is 0 Å². The number of carbonyl (C=O) groups is 1. The molecule has 0 aromatic heterocycles. The predicted octanol–water partition coefficient (Wildman–Crippen LogP) is 6.35. The summed E-state index contributed by atoms with van der Waals surface area (Å²) in [6.45, 7) is 6.35. The van der Waals surface area contributed by atoms with E-state index in [9.17, 15) is 4.79 Å². The molecule has 28 heavy (non-hydrogen) atoms. The van der Waals surface area contributed by atoms with Gasteiger partial charge in [-0.2, -0.15) is 0 Å². The maximum Gasteiger partial charge on any atom is 0.330 e. The maximum atomic E-state index is 11.5. The molecule has 0 aliphatic heterocycles. The van der Waals surface area contributed by atoms with Gasteiger partial charge in [-0.05, 0) is 68.8 Å². The van der Waals surface area contributed by atoms with E-state index in [-0.39, 0.29) is 5.97 Å². The van der Waals surface area contributed by atoms with Crippen LogP contribution in [0, 0.1) is 13.8 Å². The second-order valence-electron chi connectivity index (χ2n) is 6.68. The Morgan fingerprint density at radius 1 is 0.786 bits per heavy atom. The van der Waals surface area contributed by atoms with Crippen LogP contribution in [-0.4, -0.2) is 12.6 Å². The van der Waals surface area contributed by atoms with Gasteiger partial charge >= 0.3 is 5.97 Å². The second-order valence-corrected chi connectivity index (χ2v) is 6.68. The lowest BCUT2D eigenvalue weighted by Gasteiger charge is -2.25. The van der Waals surface area contributed by atoms with E-state index in [0.717, 1.165) is 22.6 Å². The van der Waals surface area contributed by atoms with Crippen molar-refractivity contribution in [3.8, 4) is 0 Å². The number of anilines is 3. The number of hydrogen-bond donors (Lipinski definition) is 0. The Kier molecular flexibility index (Phi) is 6.28. The lowest BCUT2D eigenvalue weighted by molar-refractivity contribution is -0.137. The zero-order valence-corrected chi connectivity index (χ0v) is 16.6. The number of esters is 1. The van der Waals surface area contributed by atoms with E-state index >= 15 is 0 Å². The molecule has 0 amide bonds. The third kappa shape index (κ3) is 4.89. The van der Waals surface area contributed by atoms with Crippen LogP contribution in [0.2, 0.25) is 0 Å². The molecule has 3 heteroatoms. The molecule has 3 nitrogen and oxygen atoms in total. The molecule has 0 saturated carbocycles. The zero-order chi connectivity index (χ0) is 19.9. The summed E-state index contributed by atoms with van der Waals surface area (Å²) < 4.78 is 4.93. The molecule has 0 atom stereocenters. The summed E-state index contributed by atoms with van der Waals surface area (Å²) >= 11 is 0. The lowest BCUT2D eigenvalue weighted by atomic mass is 10.1. The highest BCUT2D eigenvalue weighted by atomic mass is 16.5. The van der Waals surface area contributed by atoms with Crippen LogP contribution in [0.1, 0.15) is 23.6 Å². The number of hydrogen-bond acceptors (Lipinski definition) is 3. The summed E-state index contributed by atoms with van der Waals surface area (Å²) in [4.78, 5) is 13.7. The fourth-order valence-corrected chi connectivity index (χ4v) is 2.92. The summed E-state index contributed by atoms with van der Waals surface area (Å²) in [6.07, 6.45) is 3.22. The number of benzene rings is 3. The highest BCUT2D eigenvalue weighted by molar-refractivity contribution is 5.87. The molecule has 0 unspecified atom stereocenters. The minimum Gasteiger partial charge on any atom is -0.463 e. The van der Waals surface area contributed by atoms with Gasteiger partial charge < -0.3 is 9.64 Å². The van der Waals surface area contributed by atoms with Crippen LogP contribution in [0.3, 0.4) is 0 Å². The predicted molar refractivity (Wildman–Crippen MR) is 116 cm³/mol. The lowest BCUT2D eigenvalue weighted by Crippen LogP contribution is -2.09. The third-order valence-corrected chi connectivity index (χ3v) is 4.43. The molecule has 0 radical (unpaired) electrons. The molecule has 0 fully saturated rings. The quantitative estimate of drug-likeness (QED) is 0.373. The van der Waals surface area contributed by atoms with Gasteiger partial charge in [0.25, 0.3) is 0 Å². The minimum atomic E-state index is -0.326. The van der Waals surface area contributed by atoms with E-state index in [1.807, 2.05) is 12.1 Å². The Bertz CT molecular complexity index is 894. The fourth-order valence-electron chi connectivity index (χ4n) is 2.92. The first-order chi connectivity index (χ1) is 13.6. The van der Waals surface area contributed by atoms with Crippen LogP contribution in [-0.2, 0) is 9.53 Å². The minimum absolute atomic E-state index is 0.326. The van der Waals surface area contributed by atoms with E-state index in [1.54, 1.807) is 13.0 Å². The molecule has 3 aromatic carbocycles. The number of carbonyl (C=O) groups excluding carboxylic acids is 1. The van der Waals surface area contributed by atoms with E-state index in [1.165, 1.54) is 17.2 Å². The molecule has 142 valence electrons. The highest BCUT2D eigenvalue weighted by Crippen LogP contribution is 2.34. The van der Waals surface area contributed by atoms with Crippen molar-refractivity contribution in [2.45, 2.75) is 20.8 Å². The van der Waals surface area contributed by atoms with Gasteiger partial charge in [0.2, 0.25) is 0 Å². The molecule has 0 aliphatic carbocycles. The number of aryl methyl sites for hydroxylation is 2. The van der Waals surface area contributed by atoms with Crippen molar-refractivity contribution in [1.29, 1.82) is 0 Å². The Balaban J connectivity index is 1.93. The largest absolute Gasteiger partial charge is 0.463 e. The number of nitrogens with zero attached hydrogens (tertiary/aromatic N) is 1. The van der Waals surface area contributed by atoms with Crippen molar-refractivity contribution >= 4 is 29.1 Å². The standard InChI is InChI=1S/C25H25NO2/c1-4-28-25(27)18-11-21-9-16-24(17-10-21)26(22-12-5-19(2)6-13-22)23-14-7-20(3)8-15-23/h5-18H,4H2,1-3H3/b18-11+. The Labute approximate surface area is 166 Å². The smallest absolute Gasteiger partial charge is 0.330 e. The van der Waals surface area contributed by atoms with Crippen LogP contribution in [0.25, 0.3) is 6.08 Å². The summed E-state index contributed by atoms with van der Waals surface area (Å²) in [5, 5.41) is 0. The molecule has 0 bridgehead atoms. The monoisotopic (exact) mass is 371 g/mol. The van der Waals surface area contributed by atoms with Gasteiger partial charge in [0, 0.05) is 23.1 Å². The zero-order valence-electron chi connectivity index (χ0n) is 16.6. The van der Waals surface area contributed by atoms with Crippen molar-refractivity contribution in [2.75, 3.05) is 11.5 Å². The normalized spacial score (nSPS) is 10.8. The summed E-state index contributed by atoms with van der Waals surface area (Å²) in [5.74, 6) is -0.326. The van der Waals surface area contributed by atoms with Crippen molar-refractivity contribution in [3.05, 3.63) is 95.6 Å². The van der Waals surface area contributed by atoms with E-state index in [4.69, 9.17) is 4.74 Å². The molecule has 0 N–H and O–H groups in total. The topological polar surface area (TPSA) is 29.5 Å². The Morgan fingerprint density at radius 2 is 1.21 bits per heavy atom. The molecule has 0 saturated heterocycles. The van der Waals surface area contributed by atoms with Crippen molar-refractivity contribution in [2.24, 2.45) is 0 Å². The fraction of sp³-hybridized carbons (Fsp3) is 0.160. The number of ether oxygens (including phenoxy) is 1. The van der Waals surface area contributed by atoms with Crippen molar-refractivity contribution in [3.63, 3.8) is 0 Å². The van der Waals surface area contributed by atoms with Crippen LogP contribution < -0.4 is 4.90 Å². The average Bonchev–Trinajstić information content (AvgIpc) is 2.71. The first-order valence-corrected chi connectivity index (χ1v) is 9.45. The third-order valence-electron chi connectivity index (χ3n) is 4.43. The van der Waals surface area contributed by atoms with Gasteiger partial charge in [0.15, 0.2) is 0 Å². The first kappa shape index (κ1) is 19.4. The van der Waals surface area contributed by atoms with Gasteiger partial charge in [-0.3, -0.25) is 0 Å². The van der Waals surface area contributed by atoms with E-state index < -0.39 is 0 Å². The van der Waals surface area contributed by atoms with E-state index in [0.29, 0.717) is 6.61 Å². The van der Waals surface area contributed by atoms with Crippen LogP contribution >= 0.6 is 0 Å². The molecule has 0 spiro atoms. The second kappa shape index (κ2) is 9.05. The van der Waals surface area contributed by atoms with Crippen LogP contribution in [0.4, 0.5) is 17.1 Å². The van der Waals surface area contributed by atoms with Crippen molar-refractivity contribution < 1.29 is 9.53 Å².